The second-order valence-electron chi connectivity index (χ2n) is 45.3. The second kappa shape index (κ2) is 26.7. The molecular weight excluding hydrogens is 1470 g/mol. The minimum absolute atomic E-state index is 0.0240. The van der Waals surface area contributed by atoms with Crippen LogP contribution in [0.2, 0.25) is 0 Å². The van der Waals surface area contributed by atoms with Crippen LogP contribution in [0.15, 0.2) is 249 Å². The molecule has 0 aliphatic carbocycles. The van der Waals surface area contributed by atoms with Gasteiger partial charge in [-0.3, -0.25) is 0 Å². The first-order chi connectivity index (χ1) is 57.4. The minimum Gasteiger partial charge on any atom is -0.375 e. The summed E-state index contributed by atoms with van der Waals surface area (Å²) in [6, 6.07) is 99.4. The first-order valence-electron chi connectivity index (χ1n) is 45.1. The maximum atomic E-state index is 2.88. The zero-order valence-corrected chi connectivity index (χ0v) is 77.0. The van der Waals surface area contributed by atoms with Gasteiger partial charge < -0.3 is 18.4 Å². The fourth-order valence-corrected chi connectivity index (χ4v) is 21.3. The van der Waals surface area contributed by atoms with Crippen molar-refractivity contribution in [1.29, 1.82) is 0 Å². The Morgan fingerprint density at radius 2 is 0.656 bits per heavy atom. The lowest BCUT2D eigenvalue weighted by Gasteiger charge is -2.42. The highest BCUT2D eigenvalue weighted by molar-refractivity contribution is 6.91. The Kier molecular flexibility index (Phi) is 17.4. The summed E-state index contributed by atoms with van der Waals surface area (Å²) < 4.78 is 8.37. The van der Waals surface area contributed by atoms with E-state index in [1.54, 1.807) is 0 Å². The van der Waals surface area contributed by atoms with E-state index in [2.05, 4.69) is 440 Å². The quantitative estimate of drug-likeness (QED) is 0.125. The number of rotatable bonds is 10. The van der Waals surface area contributed by atoms with Crippen LogP contribution in [-0.2, 0) is 48.7 Å². The van der Waals surface area contributed by atoms with Crippen LogP contribution in [0.25, 0.3) is 127 Å². The fourth-order valence-electron chi connectivity index (χ4n) is 21.3. The van der Waals surface area contributed by atoms with Crippen LogP contribution >= 0.6 is 0 Å². The Hall–Kier alpha value is -11.1. The summed E-state index contributed by atoms with van der Waals surface area (Å²) in [7, 11) is 0. The molecule has 16 aromatic rings. The Morgan fingerprint density at radius 3 is 1.20 bits per heavy atom. The molecule has 122 heavy (non-hydrogen) atoms. The van der Waals surface area contributed by atoms with Gasteiger partial charge in [-0.15, -0.1) is 0 Å². The van der Waals surface area contributed by atoms with Gasteiger partial charge in [0.05, 0.1) is 16.7 Å². The number of nitrogens with zero attached hydrogens (tertiary/aromatic N) is 4. The fraction of sp³-hybridized carbons (Fsp3) is 0.310. The van der Waals surface area contributed by atoms with Crippen LogP contribution in [0.4, 0.5) is 17.1 Å². The third-order valence-electron chi connectivity index (χ3n) is 28.8. The highest BCUT2D eigenvalue weighted by atomic mass is 15.2. The molecule has 6 heteroatoms. The van der Waals surface area contributed by atoms with Gasteiger partial charge in [-0.05, 0) is 239 Å². The second-order valence-corrected chi connectivity index (χ2v) is 45.3. The summed E-state index contributed by atoms with van der Waals surface area (Å²) in [5, 5.41) is 7.77. The summed E-state index contributed by atoms with van der Waals surface area (Å²) in [6.45, 7) is 59.8. The number of fused-ring (bicyclic) bond motifs is 13. The smallest absolute Gasteiger partial charge is 0.333 e. The van der Waals surface area contributed by atoms with Crippen molar-refractivity contribution in [3.05, 3.63) is 299 Å². The van der Waals surface area contributed by atoms with Crippen LogP contribution in [0, 0.1) is 0 Å². The lowest BCUT2D eigenvalue weighted by atomic mass is 9.44. The van der Waals surface area contributed by atoms with E-state index in [4.69, 9.17) is 0 Å². The molecule has 0 bridgehead atoms. The predicted octanol–water partition coefficient (Wildman–Crippen LogP) is 29.0. The molecule has 0 radical (unpaired) electrons. The van der Waals surface area contributed by atoms with E-state index < -0.39 is 0 Å². The number of hydrogen-bond acceptors (Lipinski definition) is 1. The molecule has 0 spiro atoms. The van der Waals surface area contributed by atoms with E-state index in [-0.39, 0.29) is 62.4 Å². The molecule has 7 heterocycles. The molecule has 0 fully saturated rings. The topological polar surface area (TPSA) is 18.0 Å². The molecule has 610 valence electrons. The zero-order valence-electron chi connectivity index (χ0n) is 77.0. The first-order valence-corrected chi connectivity index (χ1v) is 45.1. The highest BCUT2D eigenvalue weighted by Crippen LogP contribution is 2.56. The van der Waals surface area contributed by atoms with E-state index in [0.717, 1.165) is 12.8 Å². The van der Waals surface area contributed by atoms with Gasteiger partial charge >= 0.3 is 13.7 Å². The Morgan fingerprint density at radius 1 is 0.262 bits per heavy atom. The van der Waals surface area contributed by atoms with Crippen LogP contribution in [0.3, 0.4) is 0 Å². The standard InChI is InChI=1S/C116H120B2N4/c1-108(2,3)74-45-40-71(41-46-74)99-92-65-82(64-90-87-60-81(114(19,20)21)68-97-101(87)118(122(105(90)92)103(99)73-42-47-75(48-43-73)109(4,5)6)94-66-79(112(13,14)15)62-88-85-58-77(110(7,8)9)51-55-95(85)120(97)107(88)94)116(24,25)57-56-115(22,23)76-49-52-83(53-50-76)119-96-67-80(113(16,17)18)59-86-89-61-78(111(10,11)12)63-91-98(70-35-28-26-29-36-70)102(72-37-30-27-31-38-72)121(104(89)91)117(100(86)96)93-54-44-69-34-32-33-39-84(69)106(93)119/h26-55,58-68H,56-57H2,1-25H3. The maximum Gasteiger partial charge on any atom is 0.333 e. The molecule has 4 aliphatic rings. The van der Waals surface area contributed by atoms with Crippen molar-refractivity contribution < 1.29 is 0 Å². The van der Waals surface area contributed by atoms with Crippen molar-refractivity contribution in [2.45, 2.75) is 235 Å². The van der Waals surface area contributed by atoms with Crippen molar-refractivity contribution in [2.75, 3.05) is 4.90 Å². The van der Waals surface area contributed by atoms with Gasteiger partial charge in [0.1, 0.15) is 0 Å². The molecule has 13 aromatic carbocycles. The third-order valence-corrected chi connectivity index (χ3v) is 28.8. The Labute approximate surface area is 726 Å². The highest BCUT2D eigenvalue weighted by Gasteiger charge is 2.49. The normalized spacial score (nSPS) is 14.1. The molecular formula is C116H120B2N4. The molecule has 0 saturated carbocycles. The van der Waals surface area contributed by atoms with E-state index in [9.17, 15) is 0 Å². The van der Waals surface area contributed by atoms with Gasteiger partial charge in [-0.1, -0.05) is 355 Å². The molecule has 3 aromatic heterocycles. The monoisotopic (exact) mass is 1590 g/mol. The van der Waals surface area contributed by atoms with Gasteiger partial charge in [-0.25, -0.2) is 0 Å². The molecule has 4 nitrogen and oxygen atoms in total. The average molecular weight is 1590 g/mol. The van der Waals surface area contributed by atoms with Gasteiger partial charge in [0, 0.05) is 88.7 Å². The Bertz CT molecular complexity index is 7040. The zero-order chi connectivity index (χ0) is 85.9. The SMILES string of the molecule is CC(C)(C)c1ccc(-c2c(-c3ccc(C(C)(C)C)cc3)n3c4c(cc(C(C)(C)CCC(C)(C)c5ccc(N6c7cc(C(C)(C)C)cc8c7B(c7ccc9ccccc9c76)n6c(-c7ccccc7)c(-c7ccccc7)c7cc(C(C)(C)C)cc-8c76)cc5)cc24)-c2cc(C(C)(C)C)cc4c2B3c2cc(C(C)(C)C)cc3c5cc(C(C)(C)C)ccc5n-4c23)cc1. The van der Waals surface area contributed by atoms with Gasteiger partial charge in [0.2, 0.25) is 0 Å². The number of benzene rings is 13. The number of hydrogen-bond donors (Lipinski definition) is 0. The van der Waals surface area contributed by atoms with Crippen LogP contribution < -0.4 is 26.8 Å². The average Bonchev–Trinajstić information content (AvgIpc) is 1.47. The summed E-state index contributed by atoms with van der Waals surface area (Å²) in [5.41, 5.74) is 41.9. The van der Waals surface area contributed by atoms with Crippen molar-refractivity contribution >= 4 is 107 Å². The summed E-state index contributed by atoms with van der Waals surface area (Å²) in [5.74, 6) is 0. The van der Waals surface area contributed by atoms with Crippen molar-refractivity contribution in [2.24, 2.45) is 0 Å². The van der Waals surface area contributed by atoms with E-state index in [0.29, 0.717) is 0 Å². The third kappa shape index (κ3) is 12.3. The molecule has 4 aliphatic heterocycles. The lowest BCUT2D eigenvalue weighted by Crippen LogP contribution is -2.57. The molecule has 0 amide bonds. The van der Waals surface area contributed by atoms with Crippen LogP contribution in [0.5, 0.6) is 0 Å². The van der Waals surface area contributed by atoms with Crippen LogP contribution in [-0.4, -0.2) is 27.2 Å². The van der Waals surface area contributed by atoms with E-state index in [1.807, 2.05) is 0 Å². The minimum atomic E-state index is -0.280. The lowest BCUT2D eigenvalue weighted by molar-refractivity contribution is 0.375. The van der Waals surface area contributed by atoms with Crippen molar-refractivity contribution in [3.8, 4) is 72.7 Å². The van der Waals surface area contributed by atoms with Gasteiger partial charge in [0.15, 0.2) is 0 Å². The molecule has 0 unspecified atom stereocenters. The van der Waals surface area contributed by atoms with E-state index >= 15 is 0 Å². The maximum absolute atomic E-state index is 2.88. The van der Waals surface area contributed by atoms with Crippen LogP contribution in [0.1, 0.15) is 236 Å². The molecule has 0 atom stereocenters. The number of aromatic nitrogens is 3. The summed E-state index contributed by atoms with van der Waals surface area (Å²) in [6.07, 6.45) is 1.92. The van der Waals surface area contributed by atoms with E-state index in [1.165, 1.54) is 216 Å². The van der Waals surface area contributed by atoms with Crippen molar-refractivity contribution in [1.82, 2.24) is 13.5 Å². The molecule has 20 rings (SSSR count). The summed E-state index contributed by atoms with van der Waals surface area (Å²) >= 11 is 0. The molecule has 0 N–H and O–H groups in total. The Balaban J connectivity index is 0.765. The largest absolute Gasteiger partial charge is 0.375 e. The first kappa shape index (κ1) is 79.4. The number of anilines is 3. The van der Waals surface area contributed by atoms with Gasteiger partial charge in [-0.2, -0.15) is 0 Å². The van der Waals surface area contributed by atoms with Gasteiger partial charge in [0.25, 0.3) is 0 Å². The molecule has 0 saturated heterocycles. The predicted molar refractivity (Wildman–Crippen MR) is 530 cm³/mol. The summed E-state index contributed by atoms with van der Waals surface area (Å²) in [4.78, 5) is 2.68. The van der Waals surface area contributed by atoms with Crippen molar-refractivity contribution in [3.63, 3.8) is 0 Å².